The Morgan fingerprint density at radius 2 is 1.64 bits per heavy atom. The molecular formula is C13H18N2O6S. The van der Waals surface area contributed by atoms with Crippen molar-refractivity contribution in [1.82, 2.24) is 9.21 Å². The van der Waals surface area contributed by atoms with E-state index in [1.54, 1.807) is 17.1 Å². The highest BCUT2D eigenvalue weighted by molar-refractivity contribution is 7.88. The lowest BCUT2D eigenvalue weighted by Crippen LogP contribution is -2.53. The zero-order valence-corrected chi connectivity index (χ0v) is 12.9. The van der Waals surface area contributed by atoms with Crippen molar-refractivity contribution < 1.29 is 27.9 Å². The molecule has 3 aliphatic rings. The first-order chi connectivity index (χ1) is 10.3. The van der Waals surface area contributed by atoms with Crippen molar-refractivity contribution in [3.63, 3.8) is 0 Å². The summed E-state index contributed by atoms with van der Waals surface area (Å²) in [5.74, 6) is -2.89. The molecule has 0 aliphatic carbocycles. The summed E-state index contributed by atoms with van der Waals surface area (Å²) < 4.78 is 29.8. The van der Waals surface area contributed by atoms with Gasteiger partial charge in [-0.1, -0.05) is 12.2 Å². The minimum Gasteiger partial charge on any atom is -0.481 e. The first-order valence-electron chi connectivity index (χ1n) is 7.09. The number of rotatable bonds is 3. The van der Waals surface area contributed by atoms with Gasteiger partial charge in [0, 0.05) is 26.2 Å². The summed E-state index contributed by atoms with van der Waals surface area (Å²) in [4.78, 5) is 25.6. The Hall–Kier alpha value is -1.45. The third-order valence-corrected chi connectivity index (χ3v) is 5.79. The topological polar surface area (TPSA) is 104 Å². The van der Waals surface area contributed by atoms with Gasteiger partial charge in [0.15, 0.2) is 0 Å². The van der Waals surface area contributed by atoms with Gasteiger partial charge in [0.05, 0.1) is 24.4 Å². The summed E-state index contributed by atoms with van der Waals surface area (Å²) in [7, 11) is -3.26. The number of hydrogen-bond acceptors (Lipinski definition) is 5. The number of piperazine rings is 1. The molecule has 4 atom stereocenters. The van der Waals surface area contributed by atoms with Gasteiger partial charge in [-0.15, -0.1) is 0 Å². The van der Waals surface area contributed by atoms with Gasteiger partial charge < -0.3 is 14.7 Å². The number of ether oxygens (including phenoxy) is 1. The summed E-state index contributed by atoms with van der Waals surface area (Å²) >= 11 is 0. The number of nitrogens with zero attached hydrogens (tertiary/aromatic N) is 2. The minimum absolute atomic E-state index is 0.236. The van der Waals surface area contributed by atoms with Crippen LogP contribution in [-0.2, 0) is 24.3 Å². The number of carbonyl (C=O) groups is 2. The molecule has 2 fully saturated rings. The molecule has 9 heteroatoms. The smallest absolute Gasteiger partial charge is 0.310 e. The number of carboxylic acid groups (broad SMARTS) is 1. The second-order valence-corrected chi connectivity index (χ2v) is 7.81. The Kier molecular flexibility index (Phi) is 3.74. The molecular weight excluding hydrogens is 312 g/mol. The fourth-order valence-electron chi connectivity index (χ4n) is 3.35. The summed E-state index contributed by atoms with van der Waals surface area (Å²) in [5, 5.41) is 9.33. The third kappa shape index (κ3) is 2.53. The fourth-order valence-corrected chi connectivity index (χ4v) is 4.17. The van der Waals surface area contributed by atoms with Crippen LogP contribution >= 0.6 is 0 Å². The van der Waals surface area contributed by atoms with E-state index < -0.39 is 40.0 Å². The van der Waals surface area contributed by atoms with Crippen LogP contribution in [0.4, 0.5) is 0 Å². The van der Waals surface area contributed by atoms with Crippen molar-refractivity contribution in [2.45, 2.75) is 12.2 Å². The van der Waals surface area contributed by atoms with Crippen LogP contribution in [0, 0.1) is 11.8 Å². The molecule has 8 nitrogen and oxygen atoms in total. The van der Waals surface area contributed by atoms with E-state index in [1.807, 2.05) is 0 Å². The molecule has 1 amide bonds. The number of fused-ring (bicyclic) bond motifs is 2. The van der Waals surface area contributed by atoms with Gasteiger partial charge in [0.25, 0.3) is 0 Å². The molecule has 0 radical (unpaired) electrons. The van der Waals surface area contributed by atoms with Crippen LogP contribution < -0.4 is 0 Å². The number of hydrogen-bond donors (Lipinski definition) is 1. The molecule has 0 aromatic heterocycles. The SMILES string of the molecule is CS(=O)(=O)N1CCN(C(=O)[C@H]2[C@@H](C(=O)O)[C@H]3C=C[C@@H]2O3)CC1. The predicted molar refractivity (Wildman–Crippen MR) is 75.4 cm³/mol. The number of carboxylic acids is 1. The van der Waals surface area contributed by atoms with Gasteiger partial charge in [-0.05, 0) is 0 Å². The molecule has 0 aromatic carbocycles. The van der Waals surface area contributed by atoms with E-state index in [-0.39, 0.29) is 32.1 Å². The molecule has 0 unspecified atom stereocenters. The molecule has 1 N–H and O–H groups in total. The van der Waals surface area contributed by atoms with Gasteiger partial charge in [0.2, 0.25) is 15.9 Å². The summed E-state index contributed by atoms with van der Waals surface area (Å²) in [6.45, 7) is 1.02. The summed E-state index contributed by atoms with van der Waals surface area (Å²) in [6, 6.07) is 0. The number of carbonyl (C=O) groups excluding carboxylic acids is 1. The van der Waals surface area contributed by atoms with Gasteiger partial charge in [-0.25, -0.2) is 8.42 Å². The van der Waals surface area contributed by atoms with E-state index in [1.165, 1.54) is 4.31 Å². The maximum atomic E-state index is 12.6. The second-order valence-electron chi connectivity index (χ2n) is 5.83. The van der Waals surface area contributed by atoms with Crippen LogP contribution in [0.3, 0.4) is 0 Å². The Balaban J connectivity index is 1.70. The highest BCUT2D eigenvalue weighted by atomic mass is 32.2. The zero-order chi connectivity index (χ0) is 16.1. The van der Waals surface area contributed by atoms with E-state index in [0.29, 0.717) is 0 Å². The van der Waals surface area contributed by atoms with Crippen LogP contribution in [0.1, 0.15) is 0 Å². The Labute approximate surface area is 128 Å². The first-order valence-corrected chi connectivity index (χ1v) is 8.94. The quantitative estimate of drug-likeness (QED) is 0.648. The van der Waals surface area contributed by atoms with Crippen molar-refractivity contribution in [3.8, 4) is 0 Å². The number of amides is 1. The molecule has 2 saturated heterocycles. The molecule has 122 valence electrons. The molecule has 3 rings (SSSR count). The molecule has 0 aromatic rings. The highest BCUT2D eigenvalue weighted by Gasteiger charge is 2.54. The average Bonchev–Trinajstić information content (AvgIpc) is 3.06. The third-order valence-electron chi connectivity index (χ3n) is 4.49. The lowest BCUT2D eigenvalue weighted by molar-refractivity contribution is -0.150. The normalized spacial score (nSPS) is 35.0. The minimum atomic E-state index is -3.26. The Morgan fingerprint density at radius 3 is 2.14 bits per heavy atom. The fraction of sp³-hybridized carbons (Fsp3) is 0.692. The lowest BCUT2D eigenvalue weighted by Gasteiger charge is -2.36. The highest BCUT2D eigenvalue weighted by Crippen LogP contribution is 2.40. The van der Waals surface area contributed by atoms with Gasteiger partial charge >= 0.3 is 5.97 Å². The largest absolute Gasteiger partial charge is 0.481 e. The van der Waals surface area contributed by atoms with E-state index >= 15 is 0 Å². The standard InChI is InChI=1S/C13H18N2O6S/c1-22(19,20)15-6-4-14(5-7-15)12(16)10-8-2-3-9(21-8)11(10)13(17)18/h2-3,8-11H,4-7H2,1H3,(H,17,18)/t8-,9+,10+,11-/m0/s1. The monoisotopic (exact) mass is 330 g/mol. The summed E-state index contributed by atoms with van der Waals surface area (Å²) in [6.07, 6.45) is 3.52. The van der Waals surface area contributed by atoms with E-state index in [4.69, 9.17) is 4.74 Å². The molecule has 3 aliphatic heterocycles. The maximum Gasteiger partial charge on any atom is 0.310 e. The molecule has 22 heavy (non-hydrogen) atoms. The summed E-state index contributed by atoms with van der Waals surface area (Å²) in [5.41, 5.74) is 0. The first kappa shape index (κ1) is 15.4. The van der Waals surface area contributed by atoms with E-state index in [0.717, 1.165) is 6.26 Å². The van der Waals surface area contributed by atoms with Crippen LogP contribution in [0.2, 0.25) is 0 Å². The van der Waals surface area contributed by atoms with Crippen molar-refractivity contribution in [1.29, 1.82) is 0 Å². The molecule has 2 bridgehead atoms. The van der Waals surface area contributed by atoms with Crippen LogP contribution in [0.5, 0.6) is 0 Å². The second kappa shape index (κ2) is 5.32. The average molecular weight is 330 g/mol. The van der Waals surface area contributed by atoms with Crippen molar-refractivity contribution >= 4 is 21.9 Å². The maximum absolute atomic E-state index is 12.6. The van der Waals surface area contributed by atoms with Crippen molar-refractivity contribution in [2.75, 3.05) is 32.4 Å². The van der Waals surface area contributed by atoms with E-state index in [2.05, 4.69) is 0 Å². The van der Waals surface area contributed by atoms with E-state index in [9.17, 15) is 23.1 Å². The van der Waals surface area contributed by atoms with Crippen LogP contribution in [-0.4, -0.2) is 79.2 Å². The van der Waals surface area contributed by atoms with Gasteiger partial charge in [-0.2, -0.15) is 4.31 Å². The van der Waals surface area contributed by atoms with Gasteiger partial charge in [0.1, 0.15) is 5.92 Å². The van der Waals surface area contributed by atoms with Crippen LogP contribution in [0.15, 0.2) is 12.2 Å². The predicted octanol–water partition coefficient (Wildman–Crippen LogP) is -1.26. The number of aliphatic carboxylic acids is 1. The Bertz CT molecular complexity index is 622. The van der Waals surface area contributed by atoms with Gasteiger partial charge in [-0.3, -0.25) is 9.59 Å². The molecule has 3 heterocycles. The molecule has 0 spiro atoms. The molecule has 0 saturated carbocycles. The number of sulfonamides is 1. The van der Waals surface area contributed by atoms with Crippen molar-refractivity contribution in [2.24, 2.45) is 11.8 Å². The zero-order valence-electron chi connectivity index (χ0n) is 12.1. The van der Waals surface area contributed by atoms with Crippen LogP contribution in [0.25, 0.3) is 0 Å². The van der Waals surface area contributed by atoms with Crippen molar-refractivity contribution in [3.05, 3.63) is 12.2 Å². The lowest BCUT2D eigenvalue weighted by atomic mass is 9.82. The Morgan fingerprint density at radius 1 is 1.09 bits per heavy atom.